The minimum Gasteiger partial charge on any atom is -0.493 e. The summed E-state index contributed by atoms with van der Waals surface area (Å²) in [5.41, 5.74) is 1.47. The van der Waals surface area contributed by atoms with Crippen molar-refractivity contribution in [2.24, 2.45) is 0 Å². The summed E-state index contributed by atoms with van der Waals surface area (Å²) < 4.78 is 21.1. The van der Waals surface area contributed by atoms with E-state index < -0.39 is 0 Å². The van der Waals surface area contributed by atoms with Crippen LogP contribution in [0.4, 0.5) is 0 Å². The Labute approximate surface area is 148 Å². The molecule has 25 heavy (non-hydrogen) atoms. The Kier molecular flexibility index (Phi) is 6.28. The number of hydrogen-bond acceptors (Lipinski definition) is 5. The Bertz CT molecular complexity index is 739. The molecule has 0 aliphatic rings. The first-order chi connectivity index (χ1) is 12.1. The molecule has 2 aromatic rings. The lowest BCUT2D eigenvalue weighted by atomic mass is 9.88. The highest BCUT2D eigenvalue weighted by atomic mass is 16.5. The molecule has 5 nitrogen and oxygen atoms in total. The molecular weight excluding hydrogens is 320 g/mol. The summed E-state index contributed by atoms with van der Waals surface area (Å²) >= 11 is 0. The SMILES string of the molecule is CCC(C(=O)c1ccc(OC)c(OC)c1)c1ccc(OC)c(OC)c1. The van der Waals surface area contributed by atoms with Crippen LogP contribution in [-0.4, -0.2) is 34.2 Å². The van der Waals surface area contributed by atoms with E-state index in [0.717, 1.165) is 5.56 Å². The molecule has 0 fully saturated rings. The van der Waals surface area contributed by atoms with Gasteiger partial charge in [-0.1, -0.05) is 13.0 Å². The molecule has 0 aliphatic heterocycles. The fourth-order valence-electron chi connectivity index (χ4n) is 2.83. The Hall–Kier alpha value is -2.69. The Morgan fingerprint density at radius 3 is 1.84 bits per heavy atom. The van der Waals surface area contributed by atoms with E-state index in [-0.39, 0.29) is 11.7 Å². The molecular formula is C20H24O5. The number of carbonyl (C=O) groups is 1. The highest BCUT2D eigenvalue weighted by Gasteiger charge is 2.23. The average Bonchev–Trinajstić information content (AvgIpc) is 2.67. The smallest absolute Gasteiger partial charge is 0.170 e. The van der Waals surface area contributed by atoms with E-state index in [1.807, 2.05) is 25.1 Å². The summed E-state index contributed by atoms with van der Waals surface area (Å²) in [5.74, 6) is 2.13. The van der Waals surface area contributed by atoms with Gasteiger partial charge in [-0.15, -0.1) is 0 Å². The second kappa shape index (κ2) is 8.42. The van der Waals surface area contributed by atoms with Crippen molar-refractivity contribution < 1.29 is 23.7 Å². The van der Waals surface area contributed by atoms with Crippen LogP contribution < -0.4 is 18.9 Å². The molecule has 0 heterocycles. The van der Waals surface area contributed by atoms with Crippen LogP contribution in [0.5, 0.6) is 23.0 Å². The minimum atomic E-state index is -0.280. The third-order valence-corrected chi connectivity index (χ3v) is 4.20. The number of ketones is 1. The van der Waals surface area contributed by atoms with Crippen molar-refractivity contribution >= 4 is 5.78 Å². The molecule has 5 heteroatoms. The first-order valence-electron chi connectivity index (χ1n) is 8.07. The molecule has 0 N–H and O–H groups in total. The van der Waals surface area contributed by atoms with E-state index in [1.54, 1.807) is 46.6 Å². The van der Waals surface area contributed by atoms with Crippen molar-refractivity contribution in [2.45, 2.75) is 19.3 Å². The van der Waals surface area contributed by atoms with E-state index in [1.165, 1.54) is 0 Å². The van der Waals surface area contributed by atoms with E-state index in [4.69, 9.17) is 18.9 Å². The lowest BCUT2D eigenvalue weighted by Crippen LogP contribution is -2.13. The van der Waals surface area contributed by atoms with Gasteiger partial charge in [0.05, 0.1) is 28.4 Å². The Balaban J connectivity index is 2.39. The normalized spacial score (nSPS) is 11.6. The number of methoxy groups -OCH3 is 4. The molecule has 0 saturated carbocycles. The van der Waals surface area contributed by atoms with Gasteiger partial charge in [-0.05, 0) is 42.3 Å². The number of carbonyl (C=O) groups excluding carboxylic acids is 1. The molecule has 2 rings (SSSR count). The monoisotopic (exact) mass is 344 g/mol. The molecule has 2 aromatic carbocycles. The number of Topliss-reactive ketones (excluding diaryl/α,β-unsaturated/α-hetero) is 1. The second-order valence-electron chi connectivity index (χ2n) is 5.51. The van der Waals surface area contributed by atoms with Crippen molar-refractivity contribution in [3.8, 4) is 23.0 Å². The zero-order chi connectivity index (χ0) is 18.4. The zero-order valence-corrected chi connectivity index (χ0v) is 15.3. The van der Waals surface area contributed by atoms with Crippen LogP contribution in [-0.2, 0) is 0 Å². The van der Waals surface area contributed by atoms with Crippen molar-refractivity contribution in [3.63, 3.8) is 0 Å². The summed E-state index contributed by atoms with van der Waals surface area (Å²) in [4.78, 5) is 13.0. The molecule has 1 atom stereocenters. The zero-order valence-electron chi connectivity index (χ0n) is 15.3. The van der Waals surface area contributed by atoms with Crippen LogP contribution in [0.2, 0.25) is 0 Å². The first-order valence-corrected chi connectivity index (χ1v) is 8.07. The minimum absolute atomic E-state index is 0.0238. The quantitative estimate of drug-likeness (QED) is 0.675. The van der Waals surface area contributed by atoms with Gasteiger partial charge in [0.2, 0.25) is 0 Å². The summed E-state index contributed by atoms with van der Waals surface area (Å²) in [6.07, 6.45) is 0.669. The fourth-order valence-corrected chi connectivity index (χ4v) is 2.83. The van der Waals surface area contributed by atoms with Crippen molar-refractivity contribution in [1.29, 1.82) is 0 Å². The number of benzene rings is 2. The number of rotatable bonds is 8. The Morgan fingerprint density at radius 1 is 0.800 bits per heavy atom. The average molecular weight is 344 g/mol. The van der Waals surface area contributed by atoms with Crippen LogP contribution in [0.1, 0.15) is 35.2 Å². The summed E-state index contributed by atoms with van der Waals surface area (Å²) in [6.45, 7) is 1.99. The third kappa shape index (κ3) is 3.87. The molecule has 0 amide bonds. The van der Waals surface area contributed by atoms with Crippen LogP contribution >= 0.6 is 0 Å². The number of ether oxygens (including phenoxy) is 4. The van der Waals surface area contributed by atoms with Crippen LogP contribution in [0.25, 0.3) is 0 Å². The van der Waals surface area contributed by atoms with Gasteiger partial charge >= 0.3 is 0 Å². The first kappa shape index (κ1) is 18.6. The standard InChI is InChI=1S/C20H24O5/c1-6-15(13-7-9-16(22-2)18(11-13)24-4)20(21)14-8-10-17(23-3)19(12-14)25-5/h7-12,15H,6H2,1-5H3. The van der Waals surface area contributed by atoms with Gasteiger partial charge in [-0.3, -0.25) is 4.79 Å². The molecule has 0 bridgehead atoms. The predicted molar refractivity (Wildman–Crippen MR) is 96.5 cm³/mol. The van der Waals surface area contributed by atoms with E-state index in [2.05, 4.69) is 0 Å². The lowest BCUT2D eigenvalue weighted by Gasteiger charge is -2.17. The van der Waals surface area contributed by atoms with Gasteiger partial charge < -0.3 is 18.9 Å². The number of hydrogen-bond donors (Lipinski definition) is 0. The van der Waals surface area contributed by atoms with Gasteiger partial charge in [0.15, 0.2) is 28.8 Å². The molecule has 0 aromatic heterocycles. The van der Waals surface area contributed by atoms with Crippen LogP contribution in [0.15, 0.2) is 36.4 Å². The van der Waals surface area contributed by atoms with Crippen molar-refractivity contribution in [3.05, 3.63) is 47.5 Å². The fraction of sp³-hybridized carbons (Fsp3) is 0.350. The molecule has 134 valence electrons. The van der Waals surface area contributed by atoms with Gasteiger partial charge in [-0.2, -0.15) is 0 Å². The largest absolute Gasteiger partial charge is 0.493 e. The summed E-state index contributed by atoms with van der Waals surface area (Å²) in [6, 6.07) is 10.8. The Morgan fingerprint density at radius 2 is 1.32 bits per heavy atom. The molecule has 0 radical (unpaired) electrons. The van der Waals surface area contributed by atoms with Crippen molar-refractivity contribution in [2.75, 3.05) is 28.4 Å². The van der Waals surface area contributed by atoms with Gasteiger partial charge in [0, 0.05) is 11.5 Å². The van der Waals surface area contributed by atoms with Gasteiger partial charge in [0.1, 0.15) is 0 Å². The molecule has 0 saturated heterocycles. The van der Waals surface area contributed by atoms with E-state index in [9.17, 15) is 4.79 Å². The maximum absolute atomic E-state index is 13.0. The topological polar surface area (TPSA) is 54.0 Å². The highest BCUT2D eigenvalue weighted by molar-refractivity contribution is 6.01. The van der Waals surface area contributed by atoms with Gasteiger partial charge in [-0.25, -0.2) is 0 Å². The molecule has 0 aliphatic carbocycles. The highest BCUT2D eigenvalue weighted by Crippen LogP contribution is 2.35. The predicted octanol–water partition coefficient (Wildman–Crippen LogP) is 4.10. The molecule has 1 unspecified atom stereocenters. The molecule has 0 spiro atoms. The maximum Gasteiger partial charge on any atom is 0.170 e. The second-order valence-corrected chi connectivity index (χ2v) is 5.51. The van der Waals surface area contributed by atoms with Gasteiger partial charge in [0.25, 0.3) is 0 Å². The van der Waals surface area contributed by atoms with E-state index >= 15 is 0 Å². The maximum atomic E-state index is 13.0. The summed E-state index contributed by atoms with van der Waals surface area (Å²) in [7, 11) is 6.29. The van der Waals surface area contributed by atoms with Crippen LogP contribution in [0.3, 0.4) is 0 Å². The van der Waals surface area contributed by atoms with Crippen molar-refractivity contribution in [1.82, 2.24) is 0 Å². The third-order valence-electron chi connectivity index (χ3n) is 4.20. The van der Waals surface area contributed by atoms with Crippen LogP contribution in [0, 0.1) is 0 Å². The lowest BCUT2D eigenvalue weighted by molar-refractivity contribution is 0.0957. The summed E-state index contributed by atoms with van der Waals surface area (Å²) in [5, 5.41) is 0. The van der Waals surface area contributed by atoms with E-state index in [0.29, 0.717) is 35.0 Å².